The van der Waals surface area contributed by atoms with Gasteiger partial charge in [-0.05, 0) is 84.6 Å². The van der Waals surface area contributed by atoms with E-state index in [9.17, 15) is 19.1 Å². The number of aromatic nitrogens is 1. The third-order valence-corrected chi connectivity index (χ3v) is 9.27. The van der Waals surface area contributed by atoms with E-state index >= 15 is 0 Å². The third-order valence-electron chi connectivity index (χ3n) is 9.27. The van der Waals surface area contributed by atoms with Crippen LogP contribution in [-0.4, -0.2) is 15.7 Å². The molecule has 0 spiro atoms. The number of nitriles is 1. The fourth-order valence-electron chi connectivity index (χ4n) is 7.66. The van der Waals surface area contributed by atoms with Crippen LogP contribution in [0.25, 0.3) is 0 Å². The lowest BCUT2D eigenvalue weighted by Crippen LogP contribution is -2.54. The van der Waals surface area contributed by atoms with Crippen LogP contribution in [0.15, 0.2) is 30.6 Å². The first kappa shape index (κ1) is 21.5. The Morgan fingerprint density at radius 3 is 2.78 bits per heavy atom. The van der Waals surface area contributed by atoms with Gasteiger partial charge in [-0.1, -0.05) is 26.3 Å². The highest BCUT2D eigenvalue weighted by Crippen LogP contribution is 2.67. The third kappa shape index (κ3) is 2.95. The number of fused-ring (bicyclic) bond motifs is 5. The molecule has 0 aliphatic heterocycles. The average Bonchev–Trinajstić information content (AvgIpc) is 3.05. The summed E-state index contributed by atoms with van der Waals surface area (Å²) in [4.78, 5) is 3.85. The Balaban J connectivity index is 1.53. The molecular weight excluding hydrogens is 406 g/mol. The predicted molar refractivity (Wildman–Crippen MR) is 118 cm³/mol. The molecule has 0 bridgehead atoms. The molecule has 6 atom stereocenters. The van der Waals surface area contributed by atoms with E-state index in [-0.39, 0.29) is 28.5 Å². The van der Waals surface area contributed by atoms with Gasteiger partial charge in [0.25, 0.3) is 0 Å². The zero-order valence-corrected chi connectivity index (χ0v) is 18.7. The van der Waals surface area contributed by atoms with E-state index in [1.165, 1.54) is 6.20 Å². The van der Waals surface area contributed by atoms with Gasteiger partial charge in [0.1, 0.15) is 17.7 Å². The fraction of sp³-hybridized carbons (Fsp3) is 0.556. The highest BCUT2D eigenvalue weighted by atomic mass is 19.1. The summed E-state index contributed by atoms with van der Waals surface area (Å²) in [6.07, 6.45) is 7.99. The van der Waals surface area contributed by atoms with Crippen molar-refractivity contribution in [2.75, 3.05) is 0 Å². The fourth-order valence-corrected chi connectivity index (χ4v) is 7.66. The van der Waals surface area contributed by atoms with Crippen molar-refractivity contribution >= 4 is 0 Å². The molecule has 5 rings (SSSR count). The summed E-state index contributed by atoms with van der Waals surface area (Å²) in [7, 11) is 0. The van der Waals surface area contributed by atoms with Gasteiger partial charge in [-0.2, -0.15) is 5.26 Å². The summed E-state index contributed by atoms with van der Waals surface area (Å²) in [6, 6.07) is 7.27. The molecule has 2 saturated carbocycles. The Bertz CT molecular complexity index is 1100. The van der Waals surface area contributed by atoms with Crippen molar-refractivity contribution in [1.29, 1.82) is 5.26 Å². The number of halogens is 2. The molecule has 32 heavy (non-hydrogen) atoms. The zero-order valence-electron chi connectivity index (χ0n) is 18.7. The number of aliphatic hydroxyl groups is 1. The molecule has 0 saturated heterocycles. The second-order valence-corrected chi connectivity index (χ2v) is 10.4. The van der Waals surface area contributed by atoms with Gasteiger partial charge in [0, 0.05) is 18.0 Å². The molecule has 2 fully saturated rings. The Labute approximate surface area is 188 Å². The lowest BCUT2D eigenvalue weighted by molar-refractivity contribution is -0.118. The van der Waals surface area contributed by atoms with E-state index in [0.29, 0.717) is 42.6 Å². The first-order valence-corrected chi connectivity index (χ1v) is 11.8. The quantitative estimate of drug-likeness (QED) is 0.672. The van der Waals surface area contributed by atoms with Gasteiger partial charge in [-0.3, -0.25) is 4.98 Å². The number of hydrogen-bond acceptors (Lipinski definition) is 3. The molecule has 5 heteroatoms. The average molecular weight is 437 g/mol. The smallest absolute Gasteiger partial charge is 0.144 e. The van der Waals surface area contributed by atoms with E-state index in [1.54, 1.807) is 18.3 Å². The van der Waals surface area contributed by atoms with E-state index < -0.39 is 5.60 Å². The second-order valence-electron chi connectivity index (χ2n) is 10.4. The van der Waals surface area contributed by atoms with Crippen molar-refractivity contribution in [3.63, 3.8) is 0 Å². The van der Waals surface area contributed by atoms with Gasteiger partial charge in [-0.15, -0.1) is 0 Å². The van der Waals surface area contributed by atoms with Crippen LogP contribution in [0.5, 0.6) is 0 Å². The second kappa shape index (κ2) is 7.63. The minimum absolute atomic E-state index is 0.130. The van der Waals surface area contributed by atoms with E-state index in [4.69, 9.17) is 0 Å². The minimum Gasteiger partial charge on any atom is -0.389 e. The lowest BCUT2D eigenvalue weighted by atomic mass is 9.49. The maximum Gasteiger partial charge on any atom is 0.144 e. The van der Waals surface area contributed by atoms with Gasteiger partial charge in [0.2, 0.25) is 0 Å². The van der Waals surface area contributed by atoms with Crippen LogP contribution >= 0.6 is 0 Å². The number of benzene rings is 1. The molecule has 3 unspecified atom stereocenters. The van der Waals surface area contributed by atoms with Crippen LogP contribution in [0.2, 0.25) is 0 Å². The summed E-state index contributed by atoms with van der Waals surface area (Å²) in [6.45, 7) is 4.38. The van der Waals surface area contributed by atoms with Crippen LogP contribution in [0.1, 0.15) is 74.1 Å². The van der Waals surface area contributed by atoms with Crippen LogP contribution in [0, 0.1) is 46.1 Å². The van der Waals surface area contributed by atoms with Gasteiger partial charge in [0.15, 0.2) is 0 Å². The Morgan fingerprint density at radius 1 is 1.25 bits per heavy atom. The van der Waals surface area contributed by atoms with Crippen LogP contribution in [0.4, 0.5) is 8.78 Å². The molecule has 0 amide bonds. The number of nitrogens with zero attached hydrogens (tertiary/aromatic N) is 2. The summed E-state index contributed by atoms with van der Waals surface area (Å²) < 4.78 is 29.4. The molecule has 1 aromatic carbocycles. The zero-order chi connectivity index (χ0) is 22.7. The van der Waals surface area contributed by atoms with Crippen molar-refractivity contribution in [3.05, 3.63) is 64.5 Å². The first-order valence-electron chi connectivity index (χ1n) is 11.8. The number of rotatable bonds is 3. The summed E-state index contributed by atoms with van der Waals surface area (Å²) in [5, 5.41) is 21.2. The van der Waals surface area contributed by atoms with Crippen LogP contribution in [0.3, 0.4) is 0 Å². The number of hydrogen-bond donors (Lipinski definition) is 1. The van der Waals surface area contributed by atoms with E-state index in [2.05, 4.69) is 18.8 Å². The van der Waals surface area contributed by atoms with E-state index in [0.717, 1.165) is 36.8 Å². The molecule has 1 aromatic heterocycles. The summed E-state index contributed by atoms with van der Waals surface area (Å²) in [5.41, 5.74) is 1.17. The molecule has 3 aliphatic rings. The highest BCUT2D eigenvalue weighted by molar-refractivity contribution is 5.44. The van der Waals surface area contributed by atoms with Crippen molar-refractivity contribution in [2.24, 2.45) is 23.2 Å². The minimum atomic E-state index is -0.964. The van der Waals surface area contributed by atoms with Crippen LogP contribution in [-0.2, 0) is 12.8 Å². The molecule has 1 heterocycles. The highest BCUT2D eigenvalue weighted by Gasteiger charge is 2.63. The van der Waals surface area contributed by atoms with Gasteiger partial charge < -0.3 is 5.11 Å². The topological polar surface area (TPSA) is 56.9 Å². The standard InChI is InChI=1S/C27H30F2N2O/c1-3-16-12-26(2)22(8-10-27(26,32)13-17-9-11-31-15-23(17)28)21-7-6-20-19(24(16)21)5-4-18(14-30)25(20)29/h4-5,9,11,15-16,21-22,24,32H,3,6-8,10,12-13H2,1-2H3/t16-,21?,22?,24?,26-,27+/m0/s1. The Kier molecular flexibility index (Phi) is 5.13. The first-order chi connectivity index (χ1) is 15.3. The largest absolute Gasteiger partial charge is 0.389 e. The molecule has 168 valence electrons. The van der Waals surface area contributed by atoms with Crippen molar-refractivity contribution in [1.82, 2.24) is 4.98 Å². The Hall–Kier alpha value is -2.32. The normalized spacial score (nSPS) is 35.5. The predicted octanol–water partition coefficient (Wildman–Crippen LogP) is 5.70. The maximum atomic E-state index is 15.0. The van der Waals surface area contributed by atoms with Gasteiger partial charge in [0.05, 0.1) is 17.4 Å². The molecular formula is C27H30F2N2O. The number of pyridine rings is 1. The lowest BCUT2D eigenvalue weighted by Gasteiger charge is -2.56. The van der Waals surface area contributed by atoms with Gasteiger partial charge in [-0.25, -0.2) is 8.78 Å². The molecule has 1 N–H and O–H groups in total. The van der Waals surface area contributed by atoms with Crippen molar-refractivity contribution in [3.8, 4) is 6.07 Å². The van der Waals surface area contributed by atoms with E-state index in [1.807, 2.05) is 12.1 Å². The maximum absolute atomic E-state index is 15.0. The molecule has 3 nitrogen and oxygen atoms in total. The van der Waals surface area contributed by atoms with Crippen molar-refractivity contribution in [2.45, 2.75) is 70.3 Å². The Morgan fingerprint density at radius 2 is 2.06 bits per heavy atom. The monoisotopic (exact) mass is 436 g/mol. The molecule has 0 radical (unpaired) electrons. The molecule has 2 aromatic rings. The van der Waals surface area contributed by atoms with Crippen LogP contribution < -0.4 is 0 Å². The molecule has 3 aliphatic carbocycles. The van der Waals surface area contributed by atoms with Crippen molar-refractivity contribution < 1.29 is 13.9 Å². The summed E-state index contributed by atoms with van der Waals surface area (Å²) in [5.74, 6) is 0.558. The van der Waals surface area contributed by atoms with Gasteiger partial charge >= 0.3 is 0 Å². The SMILES string of the molecule is CC[C@H]1C[C@@]2(C)C(CC[C@@]2(O)Cc2ccncc2F)C2CCc3c(ccc(C#N)c3F)C21. The summed E-state index contributed by atoms with van der Waals surface area (Å²) >= 11 is 0.